The molecule has 0 bridgehead atoms. The molecule has 1 N–H and O–H groups in total. The predicted octanol–water partition coefficient (Wildman–Crippen LogP) is 0.121. The van der Waals surface area contributed by atoms with Gasteiger partial charge in [-0.3, -0.25) is 0 Å². The molecule has 0 aromatic heterocycles. The molecule has 0 unspecified atom stereocenters. The van der Waals surface area contributed by atoms with E-state index in [1.807, 2.05) is 0 Å². The van der Waals surface area contributed by atoms with E-state index >= 15 is 0 Å². The third-order valence-corrected chi connectivity index (χ3v) is 0.770. The molecule has 0 aromatic rings. The van der Waals surface area contributed by atoms with Gasteiger partial charge in [0.15, 0.2) is 0 Å². The molecule has 0 atom stereocenters. The standard InChI is InChI=1S/C5H8O2.Ba.2H/c1-3-4(2)5(6)7;;;/h3H,1-2H3,(H,6,7);;;. The van der Waals surface area contributed by atoms with Crippen LogP contribution in [0.4, 0.5) is 0 Å². The van der Waals surface area contributed by atoms with Gasteiger partial charge < -0.3 is 5.11 Å². The number of hydrogen-bond acceptors (Lipinski definition) is 1. The molecular weight excluding hydrogens is 229 g/mol. The Labute approximate surface area is 89.0 Å². The van der Waals surface area contributed by atoms with Gasteiger partial charge in [-0.1, -0.05) is 6.08 Å². The van der Waals surface area contributed by atoms with Gasteiger partial charge in [0.1, 0.15) is 0 Å². The fourth-order valence-electron chi connectivity index (χ4n) is 0.123. The number of carboxylic acids is 1. The van der Waals surface area contributed by atoms with Crippen LogP contribution >= 0.6 is 0 Å². The van der Waals surface area contributed by atoms with Gasteiger partial charge in [0.05, 0.1) is 0 Å². The Balaban J connectivity index is 0. The van der Waals surface area contributed by atoms with Crippen LogP contribution in [0.1, 0.15) is 13.8 Å². The molecule has 0 aliphatic rings. The molecule has 0 radical (unpaired) electrons. The molecule has 0 rings (SSSR count). The van der Waals surface area contributed by atoms with Crippen molar-refractivity contribution in [2.75, 3.05) is 0 Å². The molecule has 2 nitrogen and oxygen atoms in total. The second kappa shape index (κ2) is 5.91. The molecule has 44 valence electrons. The summed E-state index contributed by atoms with van der Waals surface area (Å²) in [5.41, 5.74) is 0.389. The van der Waals surface area contributed by atoms with E-state index in [9.17, 15) is 4.79 Å². The number of hydrogen-bond donors (Lipinski definition) is 1. The van der Waals surface area contributed by atoms with Gasteiger partial charge in [-0.05, 0) is 13.8 Å². The van der Waals surface area contributed by atoms with Crippen molar-refractivity contribution >= 4 is 54.9 Å². The first-order valence-electron chi connectivity index (χ1n) is 2.04. The normalized spacial score (nSPS) is 10.0. The van der Waals surface area contributed by atoms with Crippen LogP contribution in [0.5, 0.6) is 0 Å². The van der Waals surface area contributed by atoms with E-state index in [2.05, 4.69) is 0 Å². The van der Waals surface area contributed by atoms with Gasteiger partial charge >= 0.3 is 54.9 Å². The predicted molar refractivity (Wildman–Crippen MR) is 35.6 cm³/mol. The van der Waals surface area contributed by atoms with Gasteiger partial charge in [-0.25, -0.2) is 4.79 Å². The third-order valence-electron chi connectivity index (χ3n) is 0.770. The Kier molecular flexibility index (Phi) is 8.54. The van der Waals surface area contributed by atoms with Crippen molar-refractivity contribution in [1.29, 1.82) is 0 Å². The van der Waals surface area contributed by atoms with E-state index < -0.39 is 5.97 Å². The van der Waals surface area contributed by atoms with Crippen LogP contribution in [0.3, 0.4) is 0 Å². The SMILES string of the molecule is CC=C(C)C(=O)O.[BaH2]. The first-order chi connectivity index (χ1) is 3.18. The summed E-state index contributed by atoms with van der Waals surface area (Å²) in [6.07, 6.45) is 1.56. The first-order valence-corrected chi connectivity index (χ1v) is 2.04. The molecule has 0 heterocycles. The molecule has 8 heavy (non-hydrogen) atoms. The number of carboxylic acid groups (broad SMARTS) is 1. The van der Waals surface area contributed by atoms with Crippen LogP contribution in [0, 0.1) is 0 Å². The van der Waals surface area contributed by atoms with E-state index in [1.165, 1.54) is 0 Å². The van der Waals surface area contributed by atoms with Gasteiger partial charge in [0.2, 0.25) is 0 Å². The number of carbonyl (C=O) groups is 1. The van der Waals surface area contributed by atoms with Crippen LogP contribution in [-0.2, 0) is 4.79 Å². The Morgan fingerprint density at radius 2 is 2.00 bits per heavy atom. The summed E-state index contributed by atoms with van der Waals surface area (Å²) in [5.74, 6) is -0.845. The monoisotopic (exact) mass is 240 g/mol. The molecule has 0 saturated carbocycles. The summed E-state index contributed by atoms with van der Waals surface area (Å²) in [6.45, 7) is 3.26. The van der Waals surface area contributed by atoms with Crippen molar-refractivity contribution in [3.05, 3.63) is 11.6 Å². The fourth-order valence-corrected chi connectivity index (χ4v) is 0.123. The van der Waals surface area contributed by atoms with E-state index in [4.69, 9.17) is 5.11 Å². The van der Waals surface area contributed by atoms with Crippen LogP contribution in [0.25, 0.3) is 0 Å². The van der Waals surface area contributed by atoms with Crippen molar-refractivity contribution in [2.45, 2.75) is 13.8 Å². The Bertz CT molecular complexity index is 107. The van der Waals surface area contributed by atoms with Crippen molar-refractivity contribution in [1.82, 2.24) is 0 Å². The van der Waals surface area contributed by atoms with Crippen molar-refractivity contribution < 1.29 is 9.90 Å². The van der Waals surface area contributed by atoms with Crippen molar-refractivity contribution in [3.8, 4) is 0 Å². The van der Waals surface area contributed by atoms with Crippen molar-refractivity contribution in [3.63, 3.8) is 0 Å². The molecule has 0 aliphatic heterocycles. The summed E-state index contributed by atoms with van der Waals surface area (Å²) < 4.78 is 0. The maximum absolute atomic E-state index is 9.86. The van der Waals surface area contributed by atoms with E-state index in [0.29, 0.717) is 5.57 Å². The van der Waals surface area contributed by atoms with Gasteiger partial charge in [0.25, 0.3) is 0 Å². The Hall–Kier alpha value is 0.781. The number of rotatable bonds is 1. The molecule has 3 heteroatoms. The van der Waals surface area contributed by atoms with E-state index in [-0.39, 0.29) is 48.9 Å². The summed E-state index contributed by atoms with van der Waals surface area (Å²) in [7, 11) is 0. The van der Waals surface area contributed by atoms with Crippen LogP contribution in [0.15, 0.2) is 11.6 Å². The fraction of sp³-hybridized carbons (Fsp3) is 0.400. The second-order valence-electron chi connectivity index (χ2n) is 1.28. The van der Waals surface area contributed by atoms with Crippen LogP contribution in [-0.4, -0.2) is 60.0 Å². The zero-order valence-corrected chi connectivity index (χ0v) is 4.43. The Morgan fingerprint density at radius 1 is 1.62 bits per heavy atom. The van der Waals surface area contributed by atoms with Gasteiger partial charge in [-0.15, -0.1) is 0 Å². The number of aliphatic carboxylic acids is 1. The summed E-state index contributed by atoms with van der Waals surface area (Å²) >= 11 is 0. The topological polar surface area (TPSA) is 37.3 Å². The zero-order chi connectivity index (χ0) is 5.86. The van der Waals surface area contributed by atoms with Crippen molar-refractivity contribution in [2.24, 2.45) is 0 Å². The first kappa shape index (κ1) is 11.6. The molecule has 0 aliphatic carbocycles. The quantitative estimate of drug-likeness (QED) is 0.521. The summed E-state index contributed by atoms with van der Waals surface area (Å²) in [6, 6.07) is 0. The van der Waals surface area contributed by atoms with Crippen LogP contribution in [0.2, 0.25) is 0 Å². The van der Waals surface area contributed by atoms with E-state index in [0.717, 1.165) is 0 Å². The molecular formula is C5H10BaO2. The molecule has 0 aromatic carbocycles. The maximum atomic E-state index is 9.86. The minimum absolute atomic E-state index is 0. The van der Waals surface area contributed by atoms with Gasteiger partial charge in [-0.2, -0.15) is 0 Å². The van der Waals surface area contributed by atoms with E-state index in [1.54, 1.807) is 19.9 Å². The molecule has 0 saturated heterocycles. The average molecular weight is 239 g/mol. The van der Waals surface area contributed by atoms with Crippen LogP contribution < -0.4 is 0 Å². The summed E-state index contributed by atoms with van der Waals surface area (Å²) in [5, 5.41) is 8.11. The zero-order valence-electron chi connectivity index (χ0n) is 4.43. The molecule has 0 amide bonds. The number of allylic oxidation sites excluding steroid dienone is 1. The summed E-state index contributed by atoms with van der Waals surface area (Å²) in [4.78, 5) is 9.86. The second-order valence-corrected chi connectivity index (χ2v) is 1.28. The molecule has 0 spiro atoms. The third kappa shape index (κ3) is 4.93. The Morgan fingerprint density at radius 3 is 2.00 bits per heavy atom. The minimum atomic E-state index is -0.845. The molecule has 0 fully saturated rings. The average Bonchev–Trinajstić information content (AvgIpc) is 1.65. The van der Waals surface area contributed by atoms with Gasteiger partial charge in [0, 0.05) is 5.57 Å².